The van der Waals surface area contributed by atoms with Crippen LogP contribution in [-0.4, -0.2) is 27.7 Å². The minimum Gasteiger partial charge on any atom is -0.495 e. The Bertz CT molecular complexity index is 705. The second kappa shape index (κ2) is 6.03. The molecule has 7 heteroatoms. The summed E-state index contributed by atoms with van der Waals surface area (Å²) in [6.45, 7) is 0. The predicted octanol–water partition coefficient (Wildman–Crippen LogP) is 1.17. The van der Waals surface area contributed by atoms with Crippen LogP contribution in [0.15, 0.2) is 24.4 Å². The van der Waals surface area contributed by atoms with Crippen molar-refractivity contribution < 1.29 is 4.74 Å². The maximum atomic E-state index is 9.03. The van der Waals surface area contributed by atoms with Crippen molar-refractivity contribution in [3.63, 3.8) is 0 Å². The maximum Gasteiger partial charge on any atom is 0.216 e. The predicted molar refractivity (Wildman–Crippen MR) is 72.3 cm³/mol. The highest BCUT2D eigenvalue weighted by molar-refractivity contribution is 5.74. The number of hydrogen-bond donors (Lipinski definition) is 2. The third-order valence-corrected chi connectivity index (χ3v) is 2.44. The molecule has 0 saturated carbocycles. The molecule has 2 aromatic rings. The van der Waals surface area contributed by atoms with Crippen LogP contribution in [0, 0.1) is 23.7 Å². The van der Waals surface area contributed by atoms with E-state index in [1.54, 1.807) is 25.3 Å². The summed E-state index contributed by atoms with van der Waals surface area (Å²) in [4.78, 5) is 0. The number of ether oxygens (including phenoxy) is 1. The van der Waals surface area contributed by atoms with E-state index in [0.29, 0.717) is 11.3 Å². The van der Waals surface area contributed by atoms with E-state index in [1.807, 2.05) is 6.07 Å². The van der Waals surface area contributed by atoms with Crippen molar-refractivity contribution in [3.05, 3.63) is 35.8 Å². The highest BCUT2D eigenvalue weighted by Crippen LogP contribution is 2.22. The fourth-order valence-corrected chi connectivity index (χ4v) is 1.49. The normalized spacial score (nSPS) is 10.4. The number of aromatic nitrogens is 4. The lowest BCUT2D eigenvalue weighted by Crippen LogP contribution is -1.95. The van der Waals surface area contributed by atoms with Crippen LogP contribution in [0.3, 0.4) is 0 Å². The van der Waals surface area contributed by atoms with Crippen molar-refractivity contribution in [2.75, 3.05) is 12.4 Å². The standard InChI is InChI=1S/C13H10N6O/c1-3-9-6-11(4-5-12(9)20-2)15-8-10(7-14)13-16-18-19-17-13/h1,4-6,8,15H,2H3,(H,16,17,18,19). The van der Waals surface area contributed by atoms with Crippen molar-refractivity contribution in [1.82, 2.24) is 20.6 Å². The number of benzene rings is 1. The van der Waals surface area contributed by atoms with E-state index in [1.165, 1.54) is 6.20 Å². The zero-order valence-electron chi connectivity index (χ0n) is 10.6. The van der Waals surface area contributed by atoms with Gasteiger partial charge >= 0.3 is 0 Å². The number of nitrogens with zero attached hydrogens (tertiary/aromatic N) is 4. The van der Waals surface area contributed by atoms with Gasteiger partial charge in [-0.3, -0.25) is 0 Å². The van der Waals surface area contributed by atoms with E-state index in [0.717, 1.165) is 5.69 Å². The number of allylic oxidation sites excluding steroid dienone is 1. The lowest BCUT2D eigenvalue weighted by atomic mass is 10.2. The van der Waals surface area contributed by atoms with Gasteiger partial charge in [0.05, 0.1) is 12.7 Å². The summed E-state index contributed by atoms with van der Waals surface area (Å²) in [6.07, 6.45) is 6.88. The third-order valence-electron chi connectivity index (χ3n) is 2.44. The third kappa shape index (κ3) is 2.74. The van der Waals surface area contributed by atoms with Crippen LogP contribution in [0.2, 0.25) is 0 Å². The Balaban J connectivity index is 2.23. The van der Waals surface area contributed by atoms with E-state index in [2.05, 4.69) is 31.9 Å². The van der Waals surface area contributed by atoms with E-state index >= 15 is 0 Å². The lowest BCUT2D eigenvalue weighted by Gasteiger charge is -2.06. The molecule has 20 heavy (non-hydrogen) atoms. The molecule has 1 heterocycles. The summed E-state index contributed by atoms with van der Waals surface area (Å²) in [6, 6.07) is 7.23. The van der Waals surface area contributed by atoms with Crippen LogP contribution in [0.25, 0.3) is 5.57 Å². The quantitative estimate of drug-likeness (QED) is 0.636. The topological polar surface area (TPSA) is 99.5 Å². The van der Waals surface area contributed by atoms with Gasteiger partial charge in [-0.25, -0.2) is 0 Å². The Kier molecular flexibility index (Phi) is 3.95. The molecule has 0 unspecified atom stereocenters. The summed E-state index contributed by atoms with van der Waals surface area (Å²) in [5, 5.41) is 25.1. The fraction of sp³-hybridized carbons (Fsp3) is 0.0769. The fourth-order valence-electron chi connectivity index (χ4n) is 1.49. The molecule has 2 N–H and O–H groups in total. The van der Waals surface area contributed by atoms with Gasteiger partial charge in [-0.2, -0.15) is 10.5 Å². The van der Waals surface area contributed by atoms with Crippen LogP contribution < -0.4 is 10.1 Å². The van der Waals surface area contributed by atoms with Crippen LogP contribution in [-0.2, 0) is 0 Å². The number of nitriles is 1. The van der Waals surface area contributed by atoms with Crippen LogP contribution in [0.5, 0.6) is 5.75 Å². The molecular formula is C13H10N6O. The molecule has 0 spiro atoms. The summed E-state index contributed by atoms with van der Waals surface area (Å²) in [7, 11) is 1.55. The highest BCUT2D eigenvalue weighted by atomic mass is 16.5. The van der Waals surface area contributed by atoms with Gasteiger partial charge in [0.15, 0.2) is 0 Å². The molecule has 7 nitrogen and oxygen atoms in total. The molecule has 98 valence electrons. The molecule has 0 aliphatic carbocycles. The highest BCUT2D eigenvalue weighted by Gasteiger charge is 2.06. The maximum absolute atomic E-state index is 9.03. The first-order valence-corrected chi connectivity index (χ1v) is 5.53. The van der Waals surface area contributed by atoms with Crippen molar-refractivity contribution in [2.45, 2.75) is 0 Å². The summed E-state index contributed by atoms with van der Waals surface area (Å²) >= 11 is 0. The molecule has 0 saturated heterocycles. The zero-order chi connectivity index (χ0) is 14.4. The molecule has 0 radical (unpaired) electrons. The van der Waals surface area contributed by atoms with Gasteiger partial charge in [0.25, 0.3) is 0 Å². The monoisotopic (exact) mass is 266 g/mol. The molecule has 0 amide bonds. The van der Waals surface area contributed by atoms with E-state index in [-0.39, 0.29) is 11.4 Å². The molecule has 0 atom stereocenters. The first-order valence-electron chi connectivity index (χ1n) is 5.53. The zero-order valence-corrected chi connectivity index (χ0v) is 10.6. The summed E-state index contributed by atoms with van der Waals surface area (Å²) in [5.74, 6) is 3.35. The smallest absolute Gasteiger partial charge is 0.216 e. The Morgan fingerprint density at radius 1 is 1.55 bits per heavy atom. The number of terminal acetylenes is 1. The average Bonchev–Trinajstić information content (AvgIpc) is 3.02. The molecule has 2 rings (SSSR count). The number of tetrazole rings is 1. The number of nitrogens with one attached hydrogen (secondary N) is 2. The molecule has 0 aliphatic heterocycles. The van der Waals surface area contributed by atoms with Crippen LogP contribution in [0.1, 0.15) is 11.4 Å². The lowest BCUT2D eigenvalue weighted by molar-refractivity contribution is 0.413. The van der Waals surface area contributed by atoms with E-state index in [4.69, 9.17) is 16.4 Å². The minimum atomic E-state index is 0.214. The van der Waals surface area contributed by atoms with Crippen molar-refractivity contribution in [3.8, 4) is 24.2 Å². The Morgan fingerprint density at radius 2 is 2.40 bits per heavy atom. The van der Waals surface area contributed by atoms with E-state index in [9.17, 15) is 0 Å². The molecule has 1 aromatic carbocycles. The van der Waals surface area contributed by atoms with Crippen LogP contribution >= 0.6 is 0 Å². The molecule has 0 aliphatic rings. The van der Waals surface area contributed by atoms with Gasteiger partial charge in [-0.1, -0.05) is 5.92 Å². The summed E-state index contributed by atoms with van der Waals surface area (Å²) < 4.78 is 5.13. The number of hydrogen-bond acceptors (Lipinski definition) is 6. The molecule has 0 fully saturated rings. The van der Waals surface area contributed by atoms with Crippen molar-refractivity contribution in [1.29, 1.82) is 5.26 Å². The average molecular weight is 266 g/mol. The van der Waals surface area contributed by atoms with Crippen molar-refractivity contribution >= 4 is 11.3 Å². The number of anilines is 1. The first kappa shape index (κ1) is 13.1. The Labute approximate surface area is 115 Å². The SMILES string of the molecule is C#Cc1cc(NC=C(C#N)c2nn[nH]n2)ccc1OC. The Hall–Kier alpha value is -3.32. The number of aromatic amines is 1. The van der Waals surface area contributed by atoms with Crippen molar-refractivity contribution in [2.24, 2.45) is 0 Å². The molecule has 1 aromatic heterocycles. The first-order chi connectivity index (χ1) is 9.78. The van der Waals surface area contributed by atoms with Gasteiger partial charge in [0, 0.05) is 11.9 Å². The number of methoxy groups -OCH3 is 1. The van der Waals surface area contributed by atoms with Gasteiger partial charge in [-0.05, 0) is 23.4 Å². The largest absolute Gasteiger partial charge is 0.495 e. The second-order valence-corrected chi connectivity index (χ2v) is 3.61. The van der Waals surface area contributed by atoms with E-state index < -0.39 is 0 Å². The second-order valence-electron chi connectivity index (χ2n) is 3.61. The van der Waals surface area contributed by atoms with Gasteiger partial charge < -0.3 is 10.1 Å². The van der Waals surface area contributed by atoms with Gasteiger partial charge in [-0.15, -0.1) is 16.6 Å². The summed E-state index contributed by atoms with van der Waals surface area (Å²) in [5.41, 5.74) is 1.58. The molecule has 0 bridgehead atoms. The number of rotatable bonds is 4. The van der Waals surface area contributed by atoms with Gasteiger partial charge in [0.2, 0.25) is 5.82 Å². The minimum absolute atomic E-state index is 0.214. The number of H-pyrrole nitrogens is 1. The Morgan fingerprint density at radius 3 is 3.00 bits per heavy atom. The van der Waals surface area contributed by atoms with Crippen LogP contribution in [0.4, 0.5) is 5.69 Å². The molecular weight excluding hydrogens is 256 g/mol. The van der Waals surface area contributed by atoms with Gasteiger partial charge in [0.1, 0.15) is 17.4 Å².